The second kappa shape index (κ2) is 15.9. The molecular formula is C62H60N6. The number of benzene rings is 7. The molecule has 0 aliphatic heterocycles. The third-order valence-corrected chi connectivity index (χ3v) is 13.7. The van der Waals surface area contributed by atoms with Crippen molar-refractivity contribution in [2.45, 2.75) is 105 Å². The highest BCUT2D eigenvalue weighted by atomic mass is 15.1. The van der Waals surface area contributed by atoms with Crippen molar-refractivity contribution in [3.63, 3.8) is 0 Å². The summed E-state index contributed by atoms with van der Waals surface area (Å²) in [6.07, 6.45) is 0. The van der Waals surface area contributed by atoms with Gasteiger partial charge < -0.3 is 9.13 Å². The molecule has 10 rings (SSSR count). The molecule has 0 saturated carbocycles. The van der Waals surface area contributed by atoms with Crippen LogP contribution in [0.1, 0.15) is 111 Å². The number of rotatable bonds is 5. The van der Waals surface area contributed by atoms with Gasteiger partial charge in [-0.15, -0.1) is 0 Å². The Balaban J connectivity index is 1.38. The van der Waals surface area contributed by atoms with Crippen LogP contribution in [-0.4, -0.2) is 24.1 Å². The Labute approximate surface area is 401 Å². The van der Waals surface area contributed by atoms with Gasteiger partial charge in [0.1, 0.15) is 0 Å². The van der Waals surface area contributed by atoms with Gasteiger partial charge in [-0.3, -0.25) is 0 Å². The highest BCUT2D eigenvalue weighted by Crippen LogP contribution is 2.44. The van der Waals surface area contributed by atoms with Crippen LogP contribution in [0.3, 0.4) is 0 Å². The van der Waals surface area contributed by atoms with Crippen molar-refractivity contribution >= 4 is 43.6 Å². The lowest BCUT2D eigenvalue weighted by molar-refractivity contribution is 0.590. The molecule has 7 aromatic carbocycles. The first kappa shape index (κ1) is 44.5. The summed E-state index contributed by atoms with van der Waals surface area (Å²) in [7, 11) is 0. The van der Waals surface area contributed by atoms with Crippen LogP contribution in [0.2, 0.25) is 0 Å². The molecule has 338 valence electrons. The third kappa shape index (κ3) is 7.74. The van der Waals surface area contributed by atoms with E-state index in [-0.39, 0.29) is 21.7 Å². The van der Waals surface area contributed by atoms with Gasteiger partial charge >= 0.3 is 0 Å². The van der Waals surface area contributed by atoms with E-state index in [1.54, 1.807) is 0 Å². The van der Waals surface area contributed by atoms with Gasteiger partial charge in [-0.05, 0) is 105 Å². The predicted octanol–water partition coefficient (Wildman–Crippen LogP) is 16.1. The fourth-order valence-electron chi connectivity index (χ4n) is 9.57. The Kier molecular flexibility index (Phi) is 10.4. The molecule has 0 bridgehead atoms. The number of nitrogens with zero attached hydrogens (tertiary/aromatic N) is 6. The van der Waals surface area contributed by atoms with Crippen molar-refractivity contribution in [3.05, 3.63) is 173 Å². The first-order valence-electron chi connectivity index (χ1n) is 23.8. The molecule has 0 saturated heterocycles. The number of aromatic nitrogens is 5. The maximum absolute atomic E-state index is 11.4. The monoisotopic (exact) mass is 888 g/mol. The lowest BCUT2D eigenvalue weighted by Crippen LogP contribution is -2.11. The molecule has 0 fully saturated rings. The maximum Gasteiger partial charge on any atom is 0.165 e. The zero-order valence-electron chi connectivity index (χ0n) is 41.5. The highest BCUT2D eigenvalue weighted by Gasteiger charge is 2.28. The predicted molar refractivity (Wildman–Crippen MR) is 284 cm³/mol. The molecule has 0 spiro atoms. The molecular weight excluding hydrogens is 829 g/mol. The van der Waals surface area contributed by atoms with E-state index in [1.165, 1.54) is 43.8 Å². The first-order chi connectivity index (χ1) is 32.2. The van der Waals surface area contributed by atoms with Gasteiger partial charge in [0.25, 0.3) is 0 Å². The van der Waals surface area contributed by atoms with Crippen LogP contribution in [0, 0.1) is 11.3 Å². The molecule has 0 amide bonds. The smallest absolute Gasteiger partial charge is 0.165 e. The van der Waals surface area contributed by atoms with Gasteiger partial charge in [-0.1, -0.05) is 168 Å². The quantitative estimate of drug-likeness (QED) is 0.173. The van der Waals surface area contributed by atoms with Crippen LogP contribution in [-0.2, 0) is 21.7 Å². The van der Waals surface area contributed by atoms with E-state index in [0.29, 0.717) is 28.6 Å². The van der Waals surface area contributed by atoms with Gasteiger partial charge in [-0.25, -0.2) is 15.0 Å². The van der Waals surface area contributed by atoms with Gasteiger partial charge in [0, 0.05) is 38.2 Å². The summed E-state index contributed by atoms with van der Waals surface area (Å²) in [5, 5.41) is 16.1. The highest BCUT2D eigenvalue weighted by molar-refractivity contribution is 6.12. The summed E-state index contributed by atoms with van der Waals surface area (Å²) >= 11 is 0. The summed E-state index contributed by atoms with van der Waals surface area (Å²) in [6.45, 7) is 27.3. The molecule has 6 heteroatoms. The minimum absolute atomic E-state index is 0.0619. The minimum Gasteiger partial charge on any atom is -0.307 e. The largest absolute Gasteiger partial charge is 0.307 e. The SMILES string of the molecule is CC(C)(C)c1ccc2c(c1)c1cc(C(C)(C)C)ccc1n2-c1cc(C#N)c(-c2nc(-c3ccccc3)nc(-c3ccccc3)n2)cc1-n1c2ccc(C(C)(C)C)cc2c2cc(C(C)(C)C)ccc21. The van der Waals surface area contributed by atoms with Crippen molar-refractivity contribution in [3.8, 4) is 51.6 Å². The van der Waals surface area contributed by atoms with Crippen molar-refractivity contribution in [1.29, 1.82) is 5.26 Å². The fourth-order valence-corrected chi connectivity index (χ4v) is 9.57. The molecule has 0 aliphatic carbocycles. The Morgan fingerprint density at radius 3 is 0.985 bits per heavy atom. The van der Waals surface area contributed by atoms with Crippen molar-refractivity contribution in [2.24, 2.45) is 0 Å². The van der Waals surface area contributed by atoms with E-state index in [4.69, 9.17) is 15.0 Å². The van der Waals surface area contributed by atoms with Gasteiger partial charge in [0.2, 0.25) is 0 Å². The summed E-state index contributed by atoms with van der Waals surface area (Å²) in [4.78, 5) is 15.4. The molecule has 6 nitrogen and oxygen atoms in total. The van der Waals surface area contributed by atoms with Crippen molar-refractivity contribution in [2.75, 3.05) is 0 Å². The Morgan fingerprint density at radius 2 is 0.676 bits per heavy atom. The van der Waals surface area contributed by atoms with E-state index in [2.05, 4.69) is 183 Å². The second-order valence-corrected chi connectivity index (χ2v) is 22.6. The van der Waals surface area contributed by atoms with Crippen LogP contribution in [0.5, 0.6) is 0 Å². The average Bonchev–Trinajstić information content (AvgIpc) is 3.81. The van der Waals surface area contributed by atoms with Crippen LogP contribution in [0.15, 0.2) is 146 Å². The summed E-state index contributed by atoms with van der Waals surface area (Å²) < 4.78 is 4.79. The van der Waals surface area contributed by atoms with Crippen LogP contribution in [0.4, 0.5) is 0 Å². The van der Waals surface area contributed by atoms with E-state index < -0.39 is 0 Å². The second-order valence-electron chi connectivity index (χ2n) is 22.6. The Hall–Kier alpha value is -7.36. The van der Waals surface area contributed by atoms with Crippen LogP contribution >= 0.6 is 0 Å². The van der Waals surface area contributed by atoms with Gasteiger partial charge in [0.05, 0.1) is 45.1 Å². The average molecular weight is 889 g/mol. The van der Waals surface area contributed by atoms with E-state index in [9.17, 15) is 5.26 Å². The zero-order chi connectivity index (χ0) is 48.1. The zero-order valence-corrected chi connectivity index (χ0v) is 41.5. The number of hydrogen-bond donors (Lipinski definition) is 0. The lowest BCUT2D eigenvalue weighted by atomic mass is 9.85. The maximum atomic E-state index is 11.4. The molecule has 0 atom stereocenters. The van der Waals surface area contributed by atoms with E-state index >= 15 is 0 Å². The molecule has 3 heterocycles. The molecule has 0 aliphatic rings. The first-order valence-corrected chi connectivity index (χ1v) is 23.8. The standard InChI is InChI=1S/C62H60N6/c1-59(2,3)41-23-27-50-46(32-41)47-33-42(60(4,5)6)24-28-51(47)67(50)54-31-40(37-63)45(58-65-56(38-19-15-13-16-20-38)64-57(66-58)39-21-17-14-18-22-39)36-55(54)68-52-29-25-43(61(7,8)9)34-48(52)49-35-44(62(10,11)12)26-30-53(49)68/h13-36H,1-12H3. The van der Waals surface area contributed by atoms with Gasteiger partial charge in [-0.2, -0.15) is 5.26 Å². The van der Waals surface area contributed by atoms with Crippen LogP contribution in [0.25, 0.3) is 89.2 Å². The molecule has 68 heavy (non-hydrogen) atoms. The summed E-state index contributed by atoms with van der Waals surface area (Å²) in [5.74, 6) is 1.51. The molecule has 10 aromatic rings. The third-order valence-electron chi connectivity index (χ3n) is 13.7. The molecule has 0 N–H and O–H groups in total. The van der Waals surface area contributed by atoms with Gasteiger partial charge in [0.15, 0.2) is 17.5 Å². The van der Waals surface area contributed by atoms with Crippen molar-refractivity contribution in [1.82, 2.24) is 24.1 Å². The normalized spacial score (nSPS) is 12.7. The fraction of sp³-hybridized carbons (Fsp3) is 0.258. The summed E-state index contributed by atoms with van der Waals surface area (Å²) in [6, 6.07) is 54.6. The molecule has 3 aromatic heterocycles. The van der Waals surface area contributed by atoms with E-state index in [0.717, 1.165) is 44.6 Å². The number of fused-ring (bicyclic) bond motifs is 6. The Morgan fingerprint density at radius 1 is 0.368 bits per heavy atom. The molecule has 0 unspecified atom stereocenters. The number of hydrogen-bond acceptors (Lipinski definition) is 4. The van der Waals surface area contributed by atoms with E-state index in [1.807, 2.05) is 60.7 Å². The minimum atomic E-state index is -0.0661. The topological polar surface area (TPSA) is 72.3 Å². The summed E-state index contributed by atoms with van der Waals surface area (Å²) in [5.41, 5.74) is 13.7. The molecule has 0 radical (unpaired) electrons. The lowest BCUT2D eigenvalue weighted by Gasteiger charge is -2.22. The Bertz CT molecular complexity index is 3450. The van der Waals surface area contributed by atoms with Crippen molar-refractivity contribution < 1.29 is 0 Å². The van der Waals surface area contributed by atoms with Crippen LogP contribution < -0.4 is 0 Å². The number of nitriles is 1.